The van der Waals surface area contributed by atoms with Gasteiger partial charge in [0.1, 0.15) is 11.5 Å². The molecule has 0 bridgehead atoms. The van der Waals surface area contributed by atoms with E-state index in [0.717, 1.165) is 0 Å². The minimum Gasteiger partial charge on any atom is -0.508 e. The minimum absolute atomic E-state index is 0.103. The van der Waals surface area contributed by atoms with Gasteiger partial charge in [0.05, 0.1) is 4.92 Å². The van der Waals surface area contributed by atoms with Crippen molar-refractivity contribution >= 4 is 21.6 Å². The Balaban J connectivity index is 2.35. The summed E-state index contributed by atoms with van der Waals surface area (Å²) in [4.78, 5) is 10.3. The third-order valence-corrected chi connectivity index (χ3v) is 2.68. The zero-order chi connectivity index (χ0) is 13.1. The van der Waals surface area contributed by atoms with Crippen LogP contribution in [0.5, 0.6) is 17.2 Å². The number of phenols is 1. The summed E-state index contributed by atoms with van der Waals surface area (Å²) in [5, 5.41) is 20.0. The van der Waals surface area contributed by atoms with Gasteiger partial charge in [0, 0.05) is 16.6 Å². The number of nitrogens with zero attached hydrogens (tertiary/aromatic N) is 1. The fourth-order valence-electron chi connectivity index (χ4n) is 1.36. The highest BCUT2D eigenvalue weighted by atomic mass is 79.9. The van der Waals surface area contributed by atoms with Crippen molar-refractivity contribution in [3.8, 4) is 17.2 Å². The molecule has 0 saturated carbocycles. The topological polar surface area (TPSA) is 72.6 Å². The van der Waals surface area contributed by atoms with Crippen molar-refractivity contribution < 1.29 is 14.8 Å². The molecule has 0 aliphatic rings. The molecule has 0 atom stereocenters. The molecule has 2 aromatic carbocycles. The van der Waals surface area contributed by atoms with Crippen molar-refractivity contribution in [3.05, 3.63) is 57.1 Å². The largest absolute Gasteiger partial charge is 0.508 e. The number of ether oxygens (including phenoxy) is 1. The Kier molecular flexibility index (Phi) is 3.47. The third-order valence-electron chi connectivity index (χ3n) is 2.18. The van der Waals surface area contributed by atoms with E-state index >= 15 is 0 Å². The Labute approximate surface area is 111 Å². The maximum atomic E-state index is 10.8. The van der Waals surface area contributed by atoms with Crippen LogP contribution in [0, 0.1) is 10.1 Å². The minimum atomic E-state index is -0.512. The zero-order valence-corrected chi connectivity index (χ0v) is 10.6. The molecule has 0 aliphatic heterocycles. The first kappa shape index (κ1) is 12.4. The standard InChI is InChI=1S/C12H8BrNO4/c13-8-1-6-11(14(16)17)12(7-8)18-10-4-2-9(15)3-5-10/h1-7,15H. The van der Waals surface area contributed by atoms with Gasteiger partial charge in [-0.05, 0) is 30.3 Å². The highest BCUT2D eigenvalue weighted by molar-refractivity contribution is 9.10. The molecule has 0 amide bonds. The SMILES string of the molecule is O=[N+]([O-])c1ccc(Br)cc1Oc1ccc(O)cc1. The van der Waals surface area contributed by atoms with Gasteiger partial charge in [-0.3, -0.25) is 10.1 Å². The molecule has 0 aromatic heterocycles. The second-order valence-electron chi connectivity index (χ2n) is 3.47. The number of phenolic OH excluding ortho intramolecular Hbond substituents is 1. The van der Waals surface area contributed by atoms with E-state index in [9.17, 15) is 10.1 Å². The predicted molar refractivity (Wildman–Crippen MR) is 69.0 cm³/mol. The molecule has 2 rings (SSSR count). The molecule has 0 radical (unpaired) electrons. The first-order valence-electron chi connectivity index (χ1n) is 4.97. The molecule has 6 heteroatoms. The lowest BCUT2D eigenvalue weighted by molar-refractivity contribution is -0.385. The number of benzene rings is 2. The van der Waals surface area contributed by atoms with E-state index in [-0.39, 0.29) is 17.2 Å². The lowest BCUT2D eigenvalue weighted by atomic mass is 10.3. The maximum absolute atomic E-state index is 10.8. The van der Waals surface area contributed by atoms with E-state index in [4.69, 9.17) is 9.84 Å². The van der Waals surface area contributed by atoms with Crippen molar-refractivity contribution in [2.45, 2.75) is 0 Å². The first-order chi connectivity index (χ1) is 8.56. The van der Waals surface area contributed by atoms with Crippen molar-refractivity contribution in [2.24, 2.45) is 0 Å². The normalized spacial score (nSPS) is 10.1. The first-order valence-corrected chi connectivity index (χ1v) is 5.76. The summed E-state index contributed by atoms with van der Waals surface area (Å²) >= 11 is 3.23. The Morgan fingerprint density at radius 3 is 2.44 bits per heavy atom. The van der Waals surface area contributed by atoms with Crippen LogP contribution in [0.1, 0.15) is 0 Å². The lowest BCUT2D eigenvalue weighted by Crippen LogP contribution is -1.93. The van der Waals surface area contributed by atoms with E-state index in [1.54, 1.807) is 6.07 Å². The Bertz CT molecular complexity index is 583. The quantitative estimate of drug-likeness (QED) is 0.690. The smallest absolute Gasteiger partial charge is 0.311 e. The molecule has 1 N–H and O–H groups in total. The summed E-state index contributed by atoms with van der Waals surface area (Å²) in [5.74, 6) is 0.653. The van der Waals surface area contributed by atoms with Gasteiger partial charge in [-0.2, -0.15) is 0 Å². The van der Waals surface area contributed by atoms with Crippen LogP contribution in [0.3, 0.4) is 0 Å². The Morgan fingerprint density at radius 1 is 1.17 bits per heavy atom. The summed E-state index contributed by atoms with van der Waals surface area (Å²) in [5.41, 5.74) is -0.119. The van der Waals surface area contributed by atoms with E-state index in [1.165, 1.54) is 36.4 Å². The summed E-state index contributed by atoms with van der Waals surface area (Å²) < 4.78 is 6.11. The molecule has 92 valence electrons. The van der Waals surface area contributed by atoms with Gasteiger partial charge in [0.25, 0.3) is 0 Å². The van der Waals surface area contributed by atoms with Crippen molar-refractivity contribution in [1.82, 2.24) is 0 Å². The van der Waals surface area contributed by atoms with Gasteiger partial charge in [0.2, 0.25) is 5.75 Å². The van der Waals surface area contributed by atoms with Crippen LogP contribution < -0.4 is 4.74 Å². The molecule has 0 spiro atoms. The van der Waals surface area contributed by atoms with E-state index < -0.39 is 4.92 Å². The van der Waals surface area contributed by atoms with Gasteiger partial charge in [-0.1, -0.05) is 15.9 Å². The summed E-state index contributed by atoms with van der Waals surface area (Å²) in [7, 11) is 0. The maximum Gasteiger partial charge on any atom is 0.311 e. The van der Waals surface area contributed by atoms with E-state index in [1.807, 2.05) is 0 Å². The number of nitro groups is 1. The van der Waals surface area contributed by atoms with Crippen LogP contribution in [0.25, 0.3) is 0 Å². The van der Waals surface area contributed by atoms with Crippen LogP contribution in [0.2, 0.25) is 0 Å². The van der Waals surface area contributed by atoms with Gasteiger partial charge >= 0.3 is 5.69 Å². The van der Waals surface area contributed by atoms with Gasteiger partial charge in [0.15, 0.2) is 0 Å². The highest BCUT2D eigenvalue weighted by Crippen LogP contribution is 2.34. The van der Waals surface area contributed by atoms with Crippen LogP contribution in [0.15, 0.2) is 46.9 Å². The molecule has 0 unspecified atom stereocenters. The summed E-state index contributed by atoms with van der Waals surface area (Å²) in [6.45, 7) is 0. The predicted octanol–water partition coefficient (Wildman–Crippen LogP) is 3.86. The van der Waals surface area contributed by atoms with Crippen LogP contribution in [-0.4, -0.2) is 10.0 Å². The van der Waals surface area contributed by atoms with Gasteiger partial charge < -0.3 is 9.84 Å². The Hall–Kier alpha value is -2.08. The number of halogens is 1. The molecule has 18 heavy (non-hydrogen) atoms. The number of nitro benzene ring substituents is 1. The van der Waals surface area contributed by atoms with Crippen LogP contribution >= 0.6 is 15.9 Å². The molecule has 0 saturated heterocycles. The number of hydrogen-bond donors (Lipinski definition) is 1. The Morgan fingerprint density at radius 2 is 1.83 bits per heavy atom. The van der Waals surface area contributed by atoms with Gasteiger partial charge in [-0.15, -0.1) is 0 Å². The number of aromatic hydroxyl groups is 1. The van der Waals surface area contributed by atoms with E-state index in [0.29, 0.717) is 10.2 Å². The lowest BCUT2D eigenvalue weighted by Gasteiger charge is -2.06. The third kappa shape index (κ3) is 2.78. The highest BCUT2D eigenvalue weighted by Gasteiger charge is 2.15. The molecular weight excluding hydrogens is 302 g/mol. The average Bonchev–Trinajstić information content (AvgIpc) is 2.32. The fourth-order valence-corrected chi connectivity index (χ4v) is 1.70. The van der Waals surface area contributed by atoms with Gasteiger partial charge in [-0.25, -0.2) is 0 Å². The summed E-state index contributed by atoms with van der Waals surface area (Å²) in [6, 6.07) is 10.4. The van der Waals surface area contributed by atoms with Crippen molar-refractivity contribution in [3.63, 3.8) is 0 Å². The molecule has 0 aliphatic carbocycles. The monoisotopic (exact) mass is 309 g/mol. The van der Waals surface area contributed by atoms with Crippen molar-refractivity contribution in [2.75, 3.05) is 0 Å². The fraction of sp³-hybridized carbons (Fsp3) is 0. The second-order valence-corrected chi connectivity index (χ2v) is 4.38. The average molecular weight is 310 g/mol. The number of rotatable bonds is 3. The van der Waals surface area contributed by atoms with Crippen molar-refractivity contribution in [1.29, 1.82) is 0 Å². The zero-order valence-electron chi connectivity index (χ0n) is 9.04. The second kappa shape index (κ2) is 5.05. The molecule has 0 heterocycles. The molecule has 2 aromatic rings. The molecule has 5 nitrogen and oxygen atoms in total. The molecular formula is C12H8BrNO4. The van der Waals surface area contributed by atoms with E-state index in [2.05, 4.69) is 15.9 Å². The molecule has 0 fully saturated rings. The number of hydrogen-bond acceptors (Lipinski definition) is 4. The summed E-state index contributed by atoms with van der Waals surface area (Å²) in [6.07, 6.45) is 0. The van der Waals surface area contributed by atoms with Crippen LogP contribution in [-0.2, 0) is 0 Å². The van der Waals surface area contributed by atoms with Crippen LogP contribution in [0.4, 0.5) is 5.69 Å².